The number of carbonyl (C=O) groups is 1. The van der Waals surface area contributed by atoms with Crippen molar-refractivity contribution in [2.24, 2.45) is 0 Å². The second kappa shape index (κ2) is 7.87. The van der Waals surface area contributed by atoms with E-state index in [2.05, 4.69) is 10.3 Å². The van der Waals surface area contributed by atoms with Gasteiger partial charge in [-0.05, 0) is 24.5 Å². The van der Waals surface area contributed by atoms with Gasteiger partial charge in [-0.2, -0.15) is 0 Å². The van der Waals surface area contributed by atoms with Crippen molar-refractivity contribution in [1.82, 2.24) is 4.98 Å². The van der Waals surface area contributed by atoms with Gasteiger partial charge in [0.25, 0.3) is 5.91 Å². The molecule has 2 aliphatic rings. The molecule has 1 N–H and O–H groups in total. The summed E-state index contributed by atoms with van der Waals surface area (Å²) >= 11 is 1.45. The molecule has 3 heterocycles. The fraction of sp³-hybridized carbons (Fsp3) is 0.556. The number of hydrogen-bond donors (Lipinski definition) is 1. The third-order valence-corrected chi connectivity index (χ3v) is 5.68. The van der Waals surface area contributed by atoms with Gasteiger partial charge in [0.1, 0.15) is 17.4 Å². The van der Waals surface area contributed by atoms with Crippen molar-refractivity contribution >= 4 is 32.6 Å². The van der Waals surface area contributed by atoms with Gasteiger partial charge >= 0.3 is 0 Å². The summed E-state index contributed by atoms with van der Waals surface area (Å²) < 4.78 is 23.2. The van der Waals surface area contributed by atoms with Crippen molar-refractivity contribution < 1.29 is 23.7 Å². The standard InChI is InChI=1S/C18H22N2O5S/c1-22-13-5-4-12(11-9-23-7-8-24-10-11)16-15(13)19-18(26-16)20-17(21)14-3-2-6-25-14/h4-5,11,14H,2-3,6-10H2,1H3,(H,19,20,21)/t14-/m0/s1. The molecule has 1 aromatic carbocycles. The lowest BCUT2D eigenvalue weighted by atomic mass is 10.0. The molecule has 26 heavy (non-hydrogen) atoms. The fourth-order valence-electron chi connectivity index (χ4n) is 3.31. The second-order valence-electron chi connectivity index (χ2n) is 6.39. The first-order valence-electron chi connectivity index (χ1n) is 8.81. The Morgan fingerprint density at radius 1 is 1.27 bits per heavy atom. The number of ether oxygens (including phenoxy) is 4. The Balaban J connectivity index is 1.65. The number of fused-ring (bicyclic) bond motifs is 1. The second-order valence-corrected chi connectivity index (χ2v) is 7.39. The number of nitrogens with one attached hydrogen (secondary N) is 1. The van der Waals surface area contributed by atoms with Gasteiger partial charge in [0.15, 0.2) is 5.13 Å². The van der Waals surface area contributed by atoms with E-state index < -0.39 is 0 Å². The van der Waals surface area contributed by atoms with E-state index in [0.717, 1.165) is 28.6 Å². The van der Waals surface area contributed by atoms with Gasteiger partial charge in [-0.15, -0.1) is 0 Å². The minimum absolute atomic E-state index is 0.132. The van der Waals surface area contributed by atoms with Crippen molar-refractivity contribution in [3.8, 4) is 5.75 Å². The highest BCUT2D eigenvalue weighted by Crippen LogP contribution is 2.38. The number of carbonyl (C=O) groups excluding carboxylic acids is 1. The molecule has 1 atom stereocenters. The average molecular weight is 378 g/mol. The first kappa shape index (κ1) is 17.7. The number of aromatic nitrogens is 1. The summed E-state index contributed by atoms with van der Waals surface area (Å²) in [6.45, 7) is 3.08. The fourth-order valence-corrected chi connectivity index (χ4v) is 4.39. The Labute approximate surface area is 155 Å². The quantitative estimate of drug-likeness (QED) is 0.881. The van der Waals surface area contributed by atoms with Gasteiger partial charge in [-0.3, -0.25) is 10.1 Å². The van der Waals surface area contributed by atoms with Gasteiger partial charge < -0.3 is 18.9 Å². The molecular weight excluding hydrogens is 356 g/mol. The number of anilines is 1. The number of nitrogens with zero attached hydrogens (tertiary/aromatic N) is 1. The summed E-state index contributed by atoms with van der Waals surface area (Å²) in [4.78, 5) is 16.9. The Hall–Kier alpha value is -1.74. The minimum Gasteiger partial charge on any atom is -0.494 e. The zero-order valence-electron chi connectivity index (χ0n) is 14.7. The Morgan fingerprint density at radius 2 is 2.08 bits per heavy atom. The molecule has 0 radical (unpaired) electrons. The SMILES string of the molecule is COc1ccc(C2COCCOC2)c2sc(NC(=O)[C@@H]3CCCO3)nc12. The van der Waals surface area contributed by atoms with Crippen LogP contribution in [0.3, 0.4) is 0 Å². The summed E-state index contributed by atoms with van der Waals surface area (Å²) in [7, 11) is 1.62. The predicted octanol–water partition coefficient (Wildman–Crippen LogP) is 2.55. The highest BCUT2D eigenvalue weighted by atomic mass is 32.1. The van der Waals surface area contributed by atoms with Crippen LogP contribution in [0.2, 0.25) is 0 Å². The van der Waals surface area contributed by atoms with Gasteiger partial charge in [0.2, 0.25) is 0 Å². The van der Waals surface area contributed by atoms with E-state index in [9.17, 15) is 4.79 Å². The maximum atomic E-state index is 12.3. The molecule has 0 saturated carbocycles. The van der Waals surface area contributed by atoms with E-state index in [1.807, 2.05) is 12.1 Å². The topological polar surface area (TPSA) is 78.9 Å². The van der Waals surface area contributed by atoms with Crippen LogP contribution in [0, 0.1) is 0 Å². The zero-order chi connectivity index (χ0) is 17.9. The monoisotopic (exact) mass is 378 g/mol. The molecule has 8 heteroatoms. The summed E-state index contributed by atoms with van der Waals surface area (Å²) in [6, 6.07) is 3.95. The third kappa shape index (κ3) is 3.55. The van der Waals surface area contributed by atoms with Crippen LogP contribution in [-0.2, 0) is 19.0 Å². The van der Waals surface area contributed by atoms with E-state index in [0.29, 0.717) is 43.9 Å². The molecule has 2 fully saturated rings. The molecule has 1 amide bonds. The molecule has 140 valence electrons. The average Bonchev–Trinajstić information content (AvgIpc) is 3.25. The highest BCUT2D eigenvalue weighted by Gasteiger charge is 2.26. The molecule has 0 spiro atoms. The van der Waals surface area contributed by atoms with Crippen molar-refractivity contribution in [2.45, 2.75) is 24.9 Å². The zero-order valence-corrected chi connectivity index (χ0v) is 15.5. The number of amides is 1. The highest BCUT2D eigenvalue weighted by molar-refractivity contribution is 7.22. The Bertz CT molecular complexity index is 779. The van der Waals surface area contributed by atoms with Gasteiger partial charge in [-0.1, -0.05) is 17.4 Å². The van der Waals surface area contributed by atoms with Crippen LogP contribution in [0.4, 0.5) is 5.13 Å². The van der Waals surface area contributed by atoms with Crippen LogP contribution in [0.1, 0.15) is 24.3 Å². The molecule has 1 aromatic heterocycles. The maximum Gasteiger partial charge on any atom is 0.255 e. The number of benzene rings is 1. The maximum absolute atomic E-state index is 12.3. The van der Waals surface area contributed by atoms with Crippen LogP contribution in [0.5, 0.6) is 5.75 Å². The molecule has 2 aromatic rings. The number of hydrogen-bond acceptors (Lipinski definition) is 7. The smallest absolute Gasteiger partial charge is 0.255 e. The van der Waals surface area contributed by atoms with Crippen molar-refractivity contribution in [1.29, 1.82) is 0 Å². The third-order valence-electron chi connectivity index (χ3n) is 4.66. The minimum atomic E-state index is -0.382. The molecule has 0 bridgehead atoms. The molecule has 2 aliphatic heterocycles. The van der Waals surface area contributed by atoms with Crippen LogP contribution >= 0.6 is 11.3 Å². The first-order chi connectivity index (χ1) is 12.8. The lowest BCUT2D eigenvalue weighted by molar-refractivity contribution is -0.124. The Kier molecular flexibility index (Phi) is 5.35. The summed E-state index contributed by atoms with van der Waals surface area (Å²) in [5, 5.41) is 3.45. The number of methoxy groups -OCH3 is 1. The molecule has 0 aliphatic carbocycles. The summed E-state index contributed by atoms with van der Waals surface area (Å²) in [5.74, 6) is 0.685. The van der Waals surface area contributed by atoms with Gasteiger partial charge in [0, 0.05) is 12.5 Å². The normalized spacial score (nSPS) is 21.7. The number of thiazole rings is 1. The van der Waals surface area contributed by atoms with Crippen LogP contribution in [0.15, 0.2) is 12.1 Å². The lowest BCUT2D eigenvalue weighted by Crippen LogP contribution is -2.26. The largest absolute Gasteiger partial charge is 0.494 e. The number of rotatable bonds is 4. The van der Waals surface area contributed by atoms with Crippen LogP contribution in [0.25, 0.3) is 10.2 Å². The first-order valence-corrected chi connectivity index (χ1v) is 9.63. The van der Waals surface area contributed by atoms with Gasteiger partial charge in [-0.25, -0.2) is 4.98 Å². The van der Waals surface area contributed by atoms with Crippen LogP contribution in [-0.4, -0.2) is 57.1 Å². The van der Waals surface area contributed by atoms with E-state index in [-0.39, 0.29) is 17.9 Å². The van der Waals surface area contributed by atoms with E-state index in [4.69, 9.17) is 18.9 Å². The van der Waals surface area contributed by atoms with Crippen LogP contribution < -0.4 is 10.1 Å². The van der Waals surface area contributed by atoms with Crippen molar-refractivity contribution in [3.63, 3.8) is 0 Å². The molecule has 7 nitrogen and oxygen atoms in total. The van der Waals surface area contributed by atoms with Crippen molar-refractivity contribution in [3.05, 3.63) is 17.7 Å². The summed E-state index contributed by atoms with van der Waals surface area (Å²) in [5.41, 5.74) is 1.86. The molecule has 0 unspecified atom stereocenters. The molecule has 4 rings (SSSR count). The lowest BCUT2D eigenvalue weighted by Gasteiger charge is -2.15. The van der Waals surface area contributed by atoms with E-state index >= 15 is 0 Å². The van der Waals surface area contributed by atoms with Crippen molar-refractivity contribution in [2.75, 3.05) is 45.5 Å². The summed E-state index contributed by atoms with van der Waals surface area (Å²) in [6.07, 6.45) is 1.28. The van der Waals surface area contributed by atoms with E-state index in [1.165, 1.54) is 11.3 Å². The van der Waals surface area contributed by atoms with E-state index in [1.54, 1.807) is 7.11 Å². The predicted molar refractivity (Wildman–Crippen MR) is 98.2 cm³/mol. The Morgan fingerprint density at radius 3 is 2.77 bits per heavy atom. The molecule has 2 saturated heterocycles. The molecular formula is C18H22N2O5S. The van der Waals surface area contributed by atoms with Gasteiger partial charge in [0.05, 0.1) is 38.2 Å².